The van der Waals surface area contributed by atoms with E-state index in [1.165, 1.54) is 0 Å². The average molecular weight is 279 g/mol. The number of amides is 1. The quantitative estimate of drug-likeness (QED) is 0.853. The van der Waals surface area contributed by atoms with Gasteiger partial charge in [-0.1, -0.05) is 24.3 Å². The van der Waals surface area contributed by atoms with E-state index in [0.717, 1.165) is 10.8 Å². The van der Waals surface area contributed by atoms with Gasteiger partial charge in [-0.25, -0.2) is 0 Å². The molecular weight excluding hydrogens is 264 g/mol. The molecule has 1 aromatic heterocycles. The van der Waals surface area contributed by atoms with E-state index in [0.29, 0.717) is 18.8 Å². The lowest BCUT2D eigenvalue weighted by molar-refractivity contribution is 0.0946. The molecule has 19 heavy (non-hydrogen) atoms. The molecule has 100 valence electrons. The van der Waals surface area contributed by atoms with Gasteiger partial charge in [0.25, 0.3) is 5.91 Å². The molecule has 1 aromatic carbocycles. The number of carbonyl (C=O) groups is 1. The van der Waals surface area contributed by atoms with Crippen LogP contribution < -0.4 is 5.32 Å². The van der Waals surface area contributed by atoms with Crippen molar-refractivity contribution in [1.29, 1.82) is 0 Å². The second kappa shape index (κ2) is 6.50. The van der Waals surface area contributed by atoms with E-state index in [1.54, 1.807) is 13.3 Å². The number of benzene rings is 1. The van der Waals surface area contributed by atoms with Gasteiger partial charge in [0.15, 0.2) is 0 Å². The minimum Gasteiger partial charge on any atom is -0.383 e. The summed E-state index contributed by atoms with van der Waals surface area (Å²) in [6, 6.07) is 9.52. The van der Waals surface area contributed by atoms with E-state index in [9.17, 15) is 4.79 Å². The van der Waals surface area contributed by atoms with Crippen molar-refractivity contribution in [3.63, 3.8) is 0 Å². The molecule has 2 rings (SSSR count). The van der Waals surface area contributed by atoms with Crippen molar-refractivity contribution >= 4 is 28.3 Å². The Morgan fingerprint density at radius 3 is 3.00 bits per heavy atom. The monoisotopic (exact) mass is 278 g/mol. The smallest absolute Gasteiger partial charge is 0.270 e. The molecule has 0 saturated heterocycles. The third-order valence-electron chi connectivity index (χ3n) is 2.72. The highest BCUT2D eigenvalue weighted by atomic mass is 35.5. The molecule has 1 heterocycles. The van der Waals surface area contributed by atoms with Gasteiger partial charge in [-0.05, 0) is 11.5 Å². The van der Waals surface area contributed by atoms with Crippen molar-refractivity contribution in [1.82, 2.24) is 10.3 Å². The molecule has 1 unspecified atom stereocenters. The van der Waals surface area contributed by atoms with Gasteiger partial charge in [0.1, 0.15) is 5.69 Å². The van der Waals surface area contributed by atoms with Crippen LogP contribution in [0.1, 0.15) is 10.5 Å². The average Bonchev–Trinajstić information content (AvgIpc) is 2.44. The summed E-state index contributed by atoms with van der Waals surface area (Å²) in [4.78, 5) is 16.2. The molecule has 0 radical (unpaired) electrons. The molecule has 2 aromatic rings. The van der Waals surface area contributed by atoms with Crippen molar-refractivity contribution in [3.8, 4) is 0 Å². The molecule has 0 saturated carbocycles. The topological polar surface area (TPSA) is 51.2 Å². The van der Waals surface area contributed by atoms with Crippen LogP contribution in [0.4, 0.5) is 0 Å². The second-order valence-electron chi connectivity index (χ2n) is 4.14. The van der Waals surface area contributed by atoms with Crippen LogP contribution in [0, 0.1) is 0 Å². The van der Waals surface area contributed by atoms with E-state index < -0.39 is 0 Å². The number of fused-ring (bicyclic) bond motifs is 1. The number of hydrogen-bond acceptors (Lipinski definition) is 3. The molecule has 1 atom stereocenters. The second-order valence-corrected chi connectivity index (χ2v) is 4.76. The normalized spacial score (nSPS) is 12.3. The van der Waals surface area contributed by atoms with E-state index in [-0.39, 0.29) is 11.3 Å². The Hall–Kier alpha value is -1.65. The number of methoxy groups -OCH3 is 1. The molecule has 0 bridgehead atoms. The van der Waals surface area contributed by atoms with Crippen LogP contribution in [-0.2, 0) is 4.74 Å². The number of pyridine rings is 1. The Balaban J connectivity index is 2.13. The van der Waals surface area contributed by atoms with E-state index >= 15 is 0 Å². The number of alkyl halides is 1. The number of carbonyl (C=O) groups excluding carboxylic acids is 1. The predicted molar refractivity (Wildman–Crippen MR) is 75.6 cm³/mol. The van der Waals surface area contributed by atoms with Gasteiger partial charge in [0.2, 0.25) is 0 Å². The Bertz CT molecular complexity index is 569. The Labute approximate surface area is 116 Å². The first-order chi connectivity index (χ1) is 9.22. The third kappa shape index (κ3) is 3.43. The van der Waals surface area contributed by atoms with Gasteiger partial charge in [-0.2, -0.15) is 0 Å². The molecule has 0 fully saturated rings. The summed E-state index contributed by atoms with van der Waals surface area (Å²) in [5, 5.41) is 4.34. The Morgan fingerprint density at radius 1 is 1.42 bits per heavy atom. The van der Waals surface area contributed by atoms with Crippen LogP contribution in [0.5, 0.6) is 0 Å². The summed E-state index contributed by atoms with van der Waals surface area (Å²) in [7, 11) is 1.57. The number of nitrogens with one attached hydrogen (secondary N) is 1. The van der Waals surface area contributed by atoms with Crippen molar-refractivity contribution < 1.29 is 9.53 Å². The van der Waals surface area contributed by atoms with Gasteiger partial charge < -0.3 is 10.1 Å². The Morgan fingerprint density at radius 2 is 2.21 bits per heavy atom. The summed E-state index contributed by atoms with van der Waals surface area (Å²) in [5.41, 5.74) is 0.416. The highest BCUT2D eigenvalue weighted by Gasteiger charge is 2.12. The van der Waals surface area contributed by atoms with E-state index in [1.807, 2.05) is 30.3 Å². The summed E-state index contributed by atoms with van der Waals surface area (Å²) < 4.78 is 4.91. The standard InChI is InChI=1S/C14H15ClN2O2/c1-19-9-11(15)8-17-14(18)13-12-5-3-2-4-10(12)6-7-16-13/h2-7,11H,8-9H2,1H3,(H,17,18). The highest BCUT2D eigenvalue weighted by molar-refractivity contribution is 6.21. The molecule has 0 aliphatic heterocycles. The number of hydrogen-bond donors (Lipinski definition) is 1. The molecule has 1 N–H and O–H groups in total. The van der Waals surface area contributed by atoms with Gasteiger partial charge in [0.05, 0.1) is 12.0 Å². The SMILES string of the molecule is COCC(Cl)CNC(=O)c1nccc2ccccc12. The number of ether oxygens (including phenoxy) is 1. The van der Waals surface area contributed by atoms with E-state index in [4.69, 9.17) is 16.3 Å². The highest BCUT2D eigenvalue weighted by Crippen LogP contribution is 2.16. The molecule has 0 spiro atoms. The fraction of sp³-hybridized carbons (Fsp3) is 0.286. The molecular formula is C14H15ClN2O2. The lowest BCUT2D eigenvalue weighted by Crippen LogP contribution is -2.32. The zero-order chi connectivity index (χ0) is 13.7. The van der Waals surface area contributed by atoms with Crippen LogP contribution >= 0.6 is 11.6 Å². The summed E-state index contributed by atoms with van der Waals surface area (Å²) >= 11 is 5.97. The lowest BCUT2D eigenvalue weighted by Gasteiger charge is -2.10. The van der Waals surface area contributed by atoms with Crippen molar-refractivity contribution in [2.24, 2.45) is 0 Å². The molecule has 0 aliphatic rings. The van der Waals surface area contributed by atoms with Crippen LogP contribution in [0.3, 0.4) is 0 Å². The number of nitrogens with zero attached hydrogens (tertiary/aromatic N) is 1. The Kier molecular flexibility index (Phi) is 4.71. The van der Waals surface area contributed by atoms with Crippen molar-refractivity contribution in [2.75, 3.05) is 20.3 Å². The first kappa shape index (κ1) is 13.8. The maximum Gasteiger partial charge on any atom is 0.270 e. The molecule has 5 heteroatoms. The first-order valence-electron chi connectivity index (χ1n) is 5.97. The number of halogens is 1. The van der Waals surface area contributed by atoms with Gasteiger partial charge in [-0.3, -0.25) is 9.78 Å². The minimum atomic E-state index is -0.246. The van der Waals surface area contributed by atoms with Crippen LogP contribution in [0.25, 0.3) is 10.8 Å². The van der Waals surface area contributed by atoms with Crippen LogP contribution in [0.2, 0.25) is 0 Å². The van der Waals surface area contributed by atoms with Crippen LogP contribution in [0.15, 0.2) is 36.5 Å². The zero-order valence-corrected chi connectivity index (χ0v) is 11.4. The number of rotatable bonds is 5. The minimum absolute atomic E-state index is 0.224. The first-order valence-corrected chi connectivity index (χ1v) is 6.41. The molecule has 4 nitrogen and oxygen atoms in total. The summed E-state index contributed by atoms with van der Waals surface area (Å²) in [5.74, 6) is -0.224. The zero-order valence-electron chi connectivity index (χ0n) is 10.6. The van der Waals surface area contributed by atoms with Crippen LogP contribution in [-0.4, -0.2) is 36.5 Å². The van der Waals surface area contributed by atoms with E-state index in [2.05, 4.69) is 10.3 Å². The van der Waals surface area contributed by atoms with Gasteiger partial charge >= 0.3 is 0 Å². The van der Waals surface area contributed by atoms with Crippen molar-refractivity contribution in [3.05, 3.63) is 42.2 Å². The largest absolute Gasteiger partial charge is 0.383 e. The number of aromatic nitrogens is 1. The third-order valence-corrected chi connectivity index (χ3v) is 3.00. The fourth-order valence-corrected chi connectivity index (χ4v) is 2.03. The molecule has 1 amide bonds. The lowest BCUT2D eigenvalue weighted by atomic mass is 10.1. The van der Waals surface area contributed by atoms with Crippen molar-refractivity contribution in [2.45, 2.75) is 5.38 Å². The molecule has 0 aliphatic carbocycles. The fourth-order valence-electron chi connectivity index (χ4n) is 1.83. The summed E-state index contributed by atoms with van der Waals surface area (Å²) in [6.07, 6.45) is 1.63. The maximum atomic E-state index is 12.1. The maximum absolute atomic E-state index is 12.1. The van der Waals surface area contributed by atoms with Gasteiger partial charge in [-0.15, -0.1) is 11.6 Å². The predicted octanol–water partition coefficient (Wildman–Crippen LogP) is 2.22. The summed E-state index contributed by atoms with van der Waals surface area (Å²) in [6.45, 7) is 0.740. The van der Waals surface area contributed by atoms with Gasteiger partial charge in [0, 0.05) is 25.2 Å².